The van der Waals surface area contributed by atoms with Gasteiger partial charge in [0, 0.05) is 41.3 Å². The number of benzene rings is 7. The topological polar surface area (TPSA) is 3.24 Å². The van der Waals surface area contributed by atoms with Crippen LogP contribution in [0.15, 0.2) is 188 Å². The molecule has 0 bridgehead atoms. The second-order valence-corrected chi connectivity index (χ2v) is 16.1. The van der Waals surface area contributed by atoms with Crippen molar-refractivity contribution in [1.82, 2.24) is 0 Å². The molecule has 0 amide bonds. The molecular formula is C50H37NS2. The second-order valence-electron chi connectivity index (χ2n) is 14.0. The van der Waals surface area contributed by atoms with Crippen molar-refractivity contribution < 1.29 is 0 Å². The summed E-state index contributed by atoms with van der Waals surface area (Å²) >= 11 is 3.79. The van der Waals surface area contributed by atoms with Crippen LogP contribution in [0.4, 0.5) is 17.1 Å². The van der Waals surface area contributed by atoms with Gasteiger partial charge in [-0.2, -0.15) is 0 Å². The normalized spacial score (nSPS) is 18.4. The Bertz CT molecular complexity index is 2840. The second kappa shape index (κ2) is 13.0. The van der Waals surface area contributed by atoms with Crippen LogP contribution in [-0.2, 0) is 11.8 Å². The molecule has 0 N–H and O–H groups in total. The highest BCUT2D eigenvalue weighted by molar-refractivity contribution is 7.26. The molecule has 0 saturated carbocycles. The van der Waals surface area contributed by atoms with Crippen LogP contribution in [0.5, 0.6) is 0 Å². The highest BCUT2D eigenvalue weighted by atomic mass is 32.1. The molecular weight excluding hydrogens is 679 g/mol. The molecule has 3 heteroatoms. The number of nitrogens with zero attached hydrogens (tertiary/aromatic N) is 1. The minimum atomic E-state index is -0.426. The van der Waals surface area contributed by atoms with E-state index in [9.17, 15) is 0 Å². The molecule has 2 unspecified atom stereocenters. The molecule has 254 valence electrons. The molecule has 2 aromatic heterocycles. The number of hydrogen-bond donors (Lipinski definition) is 0. The van der Waals surface area contributed by atoms with Crippen molar-refractivity contribution in [3.63, 3.8) is 0 Å². The van der Waals surface area contributed by atoms with Gasteiger partial charge in [0.15, 0.2) is 0 Å². The largest absolute Gasteiger partial charge is 0.308 e. The monoisotopic (exact) mass is 715 g/mol. The van der Waals surface area contributed by atoms with E-state index in [1.807, 2.05) is 22.7 Å². The number of hydrogen-bond acceptors (Lipinski definition) is 3. The fourth-order valence-electron chi connectivity index (χ4n) is 8.91. The zero-order valence-corrected chi connectivity index (χ0v) is 31.1. The van der Waals surface area contributed by atoms with E-state index in [2.05, 4.69) is 200 Å². The molecule has 7 aromatic carbocycles. The molecule has 2 atom stereocenters. The Morgan fingerprint density at radius 2 is 1.17 bits per heavy atom. The Labute approximate surface area is 318 Å². The van der Waals surface area contributed by atoms with Gasteiger partial charge in [-0.3, -0.25) is 0 Å². The average molecular weight is 716 g/mol. The summed E-state index contributed by atoms with van der Waals surface area (Å²) in [5.41, 5.74) is 8.54. The molecule has 0 fully saturated rings. The van der Waals surface area contributed by atoms with Crippen LogP contribution in [0, 0.1) is 5.92 Å². The van der Waals surface area contributed by atoms with E-state index in [0.717, 1.165) is 12.1 Å². The summed E-state index contributed by atoms with van der Waals surface area (Å²) in [4.78, 5) is 2.50. The molecule has 0 aliphatic heterocycles. The van der Waals surface area contributed by atoms with Crippen molar-refractivity contribution >= 4 is 80.1 Å². The van der Waals surface area contributed by atoms with E-state index in [-0.39, 0.29) is 5.92 Å². The zero-order valence-electron chi connectivity index (χ0n) is 29.4. The van der Waals surface area contributed by atoms with Gasteiger partial charge < -0.3 is 4.90 Å². The lowest BCUT2D eigenvalue weighted by atomic mass is 9.60. The van der Waals surface area contributed by atoms with Crippen molar-refractivity contribution in [1.29, 1.82) is 0 Å². The Balaban J connectivity index is 1.30. The van der Waals surface area contributed by atoms with Crippen molar-refractivity contribution in [3.8, 4) is 0 Å². The molecule has 0 radical (unpaired) electrons. The van der Waals surface area contributed by atoms with Gasteiger partial charge in [-0.1, -0.05) is 153 Å². The van der Waals surface area contributed by atoms with Crippen molar-refractivity contribution in [2.75, 3.05) is 4.90 Å². The van der Waals surface area contributed by atoms with Crippen molar-refractivity contribution in [2.24, 2.45) is 5.92 Å². The molecule has 1 aliphatic carbocycles. The Morgan fingerprint density at radius 3 is 2.04 bits per heavy atom. The summed E-state index contributed by atoms with van der Waals surface area (Å²) in [6, 6.07) is 60.8. The Kier molecular flexibility index (Phi) is 7.86. The van der Waals surface area contributed by atoms with Crippen LogP contribution in [0.3, 0.4) is 0 Å². The SMILES string of the molecule is CC1/C=C\C=C/Cc2ccccc2C1(c1ccccc1)c1cccc2sc3c(N(c4ccccc4)c4cccc5sc6ccccc6c45)cccc3c12. The van der Waals surface area contributed by atoms with Crippen LogP contribution >= 0.6 is 22.7 Å². The summed E-state index contributed by atoms with van der Waals surface area (Å²) in [5.74, 6) is 0.169. The van der Waals surface area contributed by atoms with E-state index in [4.69, 9.17) is 0 Å². The molecule has 10 rings (SSSR count). The Hall–Kier alpha value is -5.74. The van der Waals surface area contributed by atoms with Gasteiger partial charge in [-0.05, 0) is 77.1 Å². The van der Waals surface area contributed by atoms with Crippen molar-refractivity contribution in [2.45, 2.75) is 18.8 Å². The molecule has 1 nitrogen and oxygen atoms in total. The quantitative estimate of drug-likeness (QED) is 0.171. The van der Waals surface area contributed by atoms with Gasteiger partial charge in [0.05, 0.1) is 21.5 Å². The van der Waals surface area contributed by atoms with Crippen molar-refractivity contribution in [3.05, 3.63) is 210 Å². The van der Waals surface area contributed by atoms with Crippen LogP contribution in [-0.4, -0.2) is 0 Å². The number of fused-ring (bicyclic) bond motifs is 7. The van der Waals surface area contributed by atoms with Gasteiger partial charge in [0.2, 0.25) is 0 Å². The van der Waals surface area contributed by atoms with Crippen LogP contribution in [0.25, 0.3) is 40.3 Å². The number of anilines is 3. The number of allylic oxidation sites excluding steroid dienone is 4. The van der Waals surface area contributed by atoms with Crippen LogP contribution in [0.1, 0.15) is 29.2 Å². The third-order valence-electron chi connectivity index (χ3n) is 11.1. The average Bonchev–Trinajstić information content (AvgIpc) is 3.81. The molecule has 1 aliphatic rings. The molecule has 53 heavy (non-hydrogen) atoms. The first-order chi connectivity index (χ1) is 26.2. The Morgan fingerprint density at radius 1 is 0.528 bits per heavy atom. The molecule has 0 saturated heterocycles. The van der Waals surface area contributed by atoms with Gasteiger partial charge >= 0.3 is 0 Å². The lowest BCUT2D eigenvalue weighted by Gasteiger charge is -2.42. The van der Waals surface area contributed by atoms with Gasteiger partial charge in [0.25, 0.3) is 0 Å². The van der Waals surface area contributed by atoms with E-state index >= 15 is 0 Å². The maximum atomic E-state index is 2.50. The minimum Gasteiger partial charge on any atom is -0.308 e. The zero-order chi connectivity index (χ0) is 35.4. The molecule has 2 heterocycles. The summed E-state index contributed by atoms with van der Waals surface area (Å²) in [6.07, 6.45) is 10.1. The van der Waals surface area contributed by atoms with Gasteiger partial charge in [-0.15, -0.1) is 22.7 Å². The summed E-state index contributed by atoms with van der Waals surface area (Å²) < 4.78 is 5.21. The third-order valence-corrected chi connectivity index (χ3v) is 13.5. The lowest BCUT2D eigenvalue weighted by Crippen LogP contribution is -2.37. The summed E-state index contributed by atoms with van der Waals surface area (Å²) in [5, 5.41) is 5.24. The lowest BCUT2D eigenvalue weighted by molar-refractivity contribution is 0.482. The molecule has 9 aromatic rings. The van der Waals surface area contributed by atoms with Gasteiger partial charge in [-0.25, -0.2) is 0 Å². The first kappa shape index (κ1) is 32.0. The number of para-hydroxylation sites is 1. The van der Waals surface area contributed by atoms with E-state index < -0.39 is 5.41 Å². The fourth-order valence-corrected chi connectivity index (χ4v) is 11.3. The minimum absolute atomic E-state index is 0.169. The van der Waals surface area contributed by atoms with Gasteiger partial charge in [0.1, 0.15) is 0 Å². The smallest absolute Gasteiger partial charge is 0.0640 e. The van der Waals surface area contributed by atoms with E-state index in [1.165, 1.54) is 74.0 Å². The van der Waals surface area contributed by atoms with Crippen LogP contribution < -0.4 is 4.90 Å². The molecule has 0 spiro atoms. The first-order valence-corrected chi connectivity index (χ1v) is 20.0. The van der Waals surface area contributed by atoms with E-state index in [1.54, 1.807) is 0 Å². The first-order valence-electron chi connectivity index (χ1n) is 18.4. The van der Waals surface area contributed by atoms with Crippen LogP contribution in [0.2, 0.25) is 0 Å². The predicted octanol–water partition coefficient (Wildman–Crippen LogP) is 14.5. The standard InChI is InChI=1S/C50H37NS2/c1-34-18-5-2-6-19-35-20-11-13-27-40(35)50(34,36-21-7-3-8-22-36)41-28-16-32-45-47(41)39-26-15-30-43(49(39)53-45)51(37-23-9-4-10-24-37)42-29-17-33-46-48(42)38-25-12-14-31-44(38)52-46/h2-18,20-34H,19H2,1H3/b6-2-,18-5-. The van der Waals surface area contributed by atoms with E-state index in [0.29, 0.717) is 0 Å². The maximum Gasteiger partial charge on any atom is 0.0640 e. The predicted molar refractivity (Wildman–Crippen MR) is 231 cm³/mol. The number of rotatable bonds is 5. The summed E-state index contributed by atoms with van der Waals surface area (Å²) in [6.45, 7) is 2.40. The highest BCUT2D eigenvalue weighted by Gasteiger charge is 2.43. The fraction of sp³-hybridized carbons (Fsp3) is 0.0800. The third kappa shape index (κ3) is 5.03. The maximum absolute atomic E-state index is 2.50. The summed E-state index contributed by atoms with van der Waals surface area (Å²) in [7, 11) is 0. The number of thiophene rings is 2. The highest BCUT2D eigenvalue weighted by Crippen LogP contribution is 2.54.